The number of pyridine rings is 2. The van der Waals surface area contributed by atoms with Gasteiger partial charge in [0.2, 0.25) is 0 Å². The van der Waals surface area contributed by atoms with Crippen LogP contribution in [0.25, 0.3) is 66.0 Å². The Balaban J connectivity index is 0.000000236. The molecule has 0 aliphatic carbocycles. The second-order valence-electron chi connectivity index (χ2n) is 16.7. The van der Waals surface area contributed by atoms with Crippen molar-refractivity contribution in [2.75, 3.05) is 0 Å². The van der Waals surface area contributed by atoms with Crippen LogP contribution in [0.1, 0.15) is 82.4 Å². The smallest absolute Gasteiger partial charge is 0.121 e. The second-order valence-corrected chi connectivity index (χ2v) is 21.7. The molecule has 0 saturated heterocycles. The zero-order chi connectivity index (χ0) is 42.0. The third-order valence-corrected chi connectivity index (χ3v) is 11.8. The molecule has 283 valence electrons. The average Bonchev–Trinajstić information content (AvgIpc) is 3.54. The number of hydrogen-bond donors (Lipinski definition) is 0. The maximum atomic E-state index is 9.14. The van der Waals surface area contributed by atoms with Crippen LogP contribution in [0.3, 0.4) is 0 Å². The van der Waals surface area contributed by atoms with E-state index in [-0.39, 0.29) is 20.1 Å². The van der Waals surface area contributed by atoms with Crippen LogP contribution in [0.15, 0.2) is 114 Å². The molecule has 8 aromatic rings. The van der Waals surface area contributed by atoms with Gasteiger partial charge in [-0.05, 0) is 73.5 Å². The molecule has 5 aromatic carbocycles. The summed E-state index contributed by atoms with van der Waals surface area (Å²) in [4.78, 5) is 9.22. The van der Waals surface area contributed by atoms with Crippen molar-refractivity contribution >= 4 is 56.7 Å². The van der Waals surface area contributed by atoms with Gasteiger partial charge in [-0.15, -0.1) is 53.6 Å². The van der Waals surface area contributed by atoms with Crippen molar-refractivity contribution in [2.24, 2.45) is 5.41 Å². The number of aromatic nitrogens is 2. The van der Waals surface area contributed by atoms with E-state index in [9.17, 15) is 0 Å². The van der Waals surface area contributed by atoms with Crippen LogP contribution in [-0.2, 0) is 26.5 Å². The van der Waals surface area contributed by atoms with Crippen molar-refractivity contribution in [3.05, 3.63) is 138 Å². The van der Waals surface area contributed by atoms with Gasteiger partial charge in [0.1, 0.15) is 5.58 Å². The fraction of sp³-hybridized carbons (Fsp3) is 0.280. The Morgan fingerprint density at radius 3 is 2.22 bits per heavy atom. The molecule has 3 aromatic heterocycles. The summed E-state index contributed by atoms with van der Waals surface area (Å²) in [5, 5.41) is 7.38. The van der Waals surface area contributed by atoms with Crippen molar-refractivity contribution < 1.29 is 30.0 Å². The predicted octanol–water partition coefficient (Wildman–Crippen LogP) is 13.7. The largest absolute Gasteiger partial charge is 0.501 e. The van der Waals surface area contributed by atoms with E-state index < -0.39 is 31.6 Å². The van der Waals surface area contributed by atoms with Gasteiger partial charge in [0.15, 0.2) is 0 Å². The quantitative estimate of drug-likeness (QED) is 0.0948. The van der Waals surface area contributed by atoms with E-state index in [2.05, 4.69) is 84.2 Å². The average molecular weight is 921 g/mol. The fourth-order valence-electron chi connectivity index (χ4n) is 7.06. The zero-order valence-corrected chi connectivity index (χ0v) is 36.9. The van der Waals surface area contributed by atoms with E-state index in [0.717, 1.165) is 54.7 Å². The molecule has 0 aliphatic rings. The van der Waals surface area contributed by atoms with Crippen molar-refractivity contribution in [1.29, 1.82) is 0 Å². The molecular weight excluding hydrogens is 865 g/mol. The first-order chi connectivity index (χ1) is 27.1. The summed E-state index contributed by atoms with van der Waals surface area (Å²) in [6.45, 7) is 20.2. The van der Waals surface area contributed by atoms with E-state index in [0.29, 0.717) is 28.0 Å². The molecule has 8 rings (SSSR count). The number of rotatable bonds is 6. The van der Waals surface area contributed by atoms with Gasteiger partial charge in [-0.25, -0.2) is 0 Å². The standard InChI is InChI=1S/C33H30NO.C17H22NSi.Ir/c1-20(2)22-14-15-34-29(17-22)26-13-12-24(19-33(3,4)5)31-28-16-23-11-10-21-8-6-7-9-25(21)27(23)18-30(28)35-32(26)31;1-13(2)15-11-16(14-9-7-6-8-10-14)18-12-17(15)19(3,4)5;/h6-12,14-18,20H,19H2,1-5H3;6-9,11-13H,1-5H3;/q2*-1;/i19D2,20D;13D;. The molecule has 0 atom stereocenters. The summed E-state index contributed by atoms with van der Waals surface area (Å²) in [5.41, 5.74) is 6.33. The summed E-state index contributed by atoms with van der Waals surface area (Å²) in [6.07, 6.45) is 2.05. The molecule has 0 amide bonds. The van der Waals surface area contributed by atoms with Crippen LogP contribution in [0.4, 0.5) is 0 Å². The molecule has 0 bridgehead atoms. The molecular formula is C50H52IrN2OSi-2. The van der Waals surface area contributed by atoms with Crippen LogP contribution in [0.5, 0.6) is 0 Å². The van der Waals surface area contributed by atoms with Gasteiger partial charge < -0.3 is 14.4 Å². The van der Waals surface area contributed by atoms with Crippen LogP contribution in [0.2, 0.25) is 19.6 Å². The Hall–Kier alpha value is -4.41. The molecule has 0 saturated carbocycles. The summed E-state index contributed by atoms with van der Waals surface area (Å²) in [6, 6.07) is 38.7. The predicted molar refractivity (Wildman–Crippen MR) is 234 cm³/mol. The molecule has 0 spiro atoms. The molecule has 55 heavy (non-hydrogen) atoms. The van der Waals surface area contributed by atoms with E-state index in [1.165, 1.54) is 5.19 Å². The summed E-state index contributed by atoms with van der Waals surface area (Å²) in [5.74, 6) is -1.39. The topological polar surface area (TPSA) is 38.9 Å². The van der Waals surface area contributed by atoms with E-state index in [4.69, 9.17) is 9.90 Å². The van der Waals surface area contributed by atoms with Gasteiger partial charge in [-0.3, -0.25) is 0 Å². The van der Waals surface area contributed by atoms with Gasteiger partial charge in [0.05, 0.1) is 13.7 Å². The van der Waals surface area contributed by atoms with E-state index in [1.807, 2.05) is 103 Å². The van der Waals surface area contributed by atoms with Gasteiger partial charge in [0.25, 0.3) is 0 Å². The Bertz CT molecular complexity index is 2810. The SMILES string of the molecule is [2H]C(C)(C)c1cc(-c2[c-]cccc2)ncc1[Si](C)(C)C.[2H]C(C)(C)c1ccnc(-c2[c-]cc(C([2H])([2H])C(C)(C)C)c3c2oc2cc4c(ccc5ccccc54)cc23)c1.[Ir]. The Morgan fingerprint density at radius 1 is 0.782 bits per heavy atom. The van der Waals surface area contributed by atoms with Crippen LogP contribution in [0, 0.1) is 17.5 Å². The first-order valence-electron chi connectivity index (χ1n) is 20.7. The molecule has 1 radical (unpaired) electrons. The first-order valence-corrected chi connectivity index (χ1v) is 22.2. The summed E-state index contributed by atoms with van der Waals surface area (Å²) >= 11 is 0. The molecule has 5 heteroatoms. The number of nitrogens with zero attached hydrogens (tertiary/aromatic N) is 2. The van der Waals surface area contributed by atoms with E-state index >= 15 is 0 Å². The Kier molecular flexibility index (Phi) is 10.2. The van der Waals surface area contributed by atoms with Crippen molar-refractivity contribution in [2.45, 2.75) is 86.3 Å². The van der Waals surface area contributed by atoms with Crippen molar-refractivity contribution in [3.63, 3.8) is 0 Å². The van der Waals surface area contributed by atoms with Crippen LogP contribution < -0.4 is 5.19 Å². The zero-order valence-electron chi connectivity index (χ0n) is 37.5. The van der Waals surface area contributed by atoms with Crippen LogP contribution in [-0.4, -0.2) is 18.0 Å². The van der Waals surface area contributed by atoms with Crippen LogP contribution >= 0.6 is 0 Å². The normalized spacial score (nSPS) is 13.8. The minimum atomic E-state index is -1.64. The Labute approximate surface area is 347 Å². The Morgan fingerprint density at radius 2 is 1.53 bits per heavy atom. The molecule has 3 heterocycles. The van der Waals surface area contributed by atoms with Gasteiger partial charge >= 0.3 is 0 Å². The van der Waals surface area contributed by atoms with Gasteiger partial charge in [0, 0.05) is 43.4 Å². The first kappa shape index (κ1) is 35.0. The van der Waals surface area contributed by atoms with Gasteiger partial charge in [-0.2, -0.15) is 0 Å². The minimum absolute atomic E-state index is 0. The third-order valence-electron chi connectivity index (χ3n) is 9.75. The maximum absolute atomic E-state index is 9.14. The maximum Gasteiger partial charge on any atom is 0.121 e. The number of hydrogen-bond acceptors (Lipinski definition) is 3. The van der Waals surface area contributed by atoms with Crippen molar-refractivity contribution in [3.8, 4) is 22.5 Å². The molecule has 3 nitrogen and oxygen atoms in total. The molecule has 0 N–H and O–H groups in total. The van der Waals surface area contributed by atoms with Crippen molar-refractivity contribution in [1.82, 2.24) is 9.97 Å². The fourth-order valence-corrected chi connectivity index (χ4v) is 8.64. The summed E-state index contributed by atoms with van der Waals surface area (Å²) < 4.78 is 41.8. The van der Waals surface area contributed by atoms with E-state index in [1.54, 1.807) is 12.3 Å². The molecule has 0 unspecified atom stereocenters. The third kappa shape index (κ3) is 8.55. The number of fused-ring (bicyclic) bond motifs is 6. The monoisotopic (exact) mass is 921 g/mol. The second kappa shape index (κ2) is 16.0. The van der Waals surface area contributed by atoms with Gasteiger partial charge in [-0.1, -0.05) is 145 Å². The molecule has 0 aliphatic heterocycles. The minimum Gasteiger partial charge on any atom is -0.501 e. The molecule has 0 fully saturated rings. The number of furan rings is 1. The number of benzene rings is 5. The summed E-state index contributed by atoms with van der Waals surface area (Å²) in [7, 11) is -1.50.